The summed E-state index contributed by atoms with van der Waals surface area (Å²) in [6.45, 7) is 2.68. The van der Waals surface area contributed by atoms with Crippen LogP contribution < -0.4 is 5.73 Å². The summed E-state index contributed by atoms with van der Waals surface area (Å²) in [4.78, 5) is 9.31. The topological polar surface area (TPSA) is 74.6 Å². The molecule has 0 aliphatic rings. The van der Waals surface area contributed by atoms with Gasteiger partial charge in [-0.05, 0) is 36.4 Å². The highest BCUT2D eigenvalue weighted by Crippen LogP contribution is 2.30. The Balaban J connectivity index is 1.66. The monoisotopic (exact) mass is 400 g/mol. The minimum atomic E-state index is -0.259. The summed E-state index contributed by atoms with van der Waals surface area (Å²) in [5.74, 6) is 1.12. The van der Waals surface area contributed by atoms with Gasteiger partial charge in [-0.15, -0.1) is 0 Å². The number of anilines is 1. The number of halogens is 1. The lowest BCUT2D eigenvalue weighted by atomic mass is 10.1. The average molecular weight is 400 g/mol. The van der Waals surface area contributed by atoms with Crippen LogP contribution >= 0.6 is 0 Å². The number of benzene rings is 2. The van der Waals surface area contributed by atoms with E-state index in [1.54, 1.807) is 12.1 Å². The third-order valence-electron chi connectivity index (χ3n) is 5.44. The van der Waals surface area contributed by atoms with E-state index in [2.05, 4.69) is 27.6 Å². The molecule has 6 nitrogen and oxygen atoms in total. The quantitative estimate of drug-likeness (QED) is 0.488. The maximum absolute atomic E-state index is 13.3. The highest BCUT2D eigenvalue weighted by Gasteiger charge is 2.18. The zero-order valence-corrected chi connectivity index (χ0v) is 16.8. The standard InChI is InChI=1S/C23H21FN6/c1-3-20-27-21-22(17-6-4-5-7-18(17)26-23(21)25)30(20)13-16-12-19(28-29(16)2)14-8-10-15(24)11-9-14/h4-12H,3,13H2,1-2H3,(H2,25,26). The van der Waals surface area contributed by atoms with Crippen molar-refractivity contribution >= 4 is 27.8 Å². The largest absolute Gasteiger partial charge is 0.382 e. The highest BCUT2D eigenvalue weighted by molar-refractivity contribution is 6.06. The molecule has 0 radical (unpaired) electrons. The van der Waals surface area contributed by atoms with Crippen LogP contribution in [0.2, 0.25) is 0 Å². The minimum absolute atomic E-state index is 0.259. The van der Waals surface area contributed by atoms with Crippen LogP contribution in [0.25, 0.3) is 33.2 Å². The van der Waals surface area contributed by atoms with Gasteiger partial charge in [0.05, 0.1) is 29.0 Å². The molecule has 0 aliphatic heterocycles. The fourth-order valence-corrected chi connectivity index (χ4v) is 3.92. The summed E-state index contributed by atoms with van der Waals surface area (Å²) in [6, 6.07) is 16.4. The number of aryl methyl sites for hydroxylation is 2. The van der Waals surface area contributed by atoms with Crippen LogP contribution in [0.15, 0.2) is 54.6 Å². The third kappa shape index (κ3) is 2.90. The number of para-hydroxylation sites is 1. The normalized spacial score (nSPS) is 11.6. The smallest absolute Gasteiger partial charge is 0.152 e. The zero-order chi connectivity index (χ0) is 20.8. The molecule has 0 fully saturated rings. The van der Waals surface area contributed by atoms with Gasteiger partial charge in [0, 0.05) is 24.4 Å². The molecular formula is C23H21FN6. The second-order valence-electron chi connectivity index (χ2n) is 7.33. The first kappa shape index (κ1) is 18.3. The van der Waals surface area contributed by atoms with Crippen LogP contribution in [0, 0.1) is 5.82 Å². The lowest BCUT2D eigenvalue weighted by Crippen LogP contribution is -2.08. The lowest BCUT2D eigenvalue weighted by Gasteiger charge is -2.10. The van der Waals surface area contributed by atoms with Crippen molar-refractivity contribution in [2.75, 3.05) is 5.73 Å². The molecule has 5 rings (SSSR count). The van der Waals surface area contributed by atoms with Crippen LogP contribution in [-0.4, -0.2) is 24.3 Å². The molecule has 30 heavy (non-hydrogen) atoms. The molecule has 3 aromatic heterocycles. The van der Waals surface area contributed by atoms with Crippen molar-refractivity contribution in [3.63, 3.8) is 0 Å². The number of hydrogen-bond acceptors (Lipinski definition) is 4. The number of rotatable bonds is 4. The highest BCUT2D eigenvalue weighted by atomic mass is 19.1. The van der Waals surface area contributed by atoms with Crippen LogP contribution in [-0.2, 0) is 20.0 Å². The molecule has 3 heterocycles. The predicted molar refractivity (Wildman–Crippen MR) is 117 cm³/mol. The van der Waals surface area contributed by atoms with Crippen molar-refractivity contribution in [2.45, 2.75) is 19.9 Å². The number of imidazole rings is 1. The molecule has 2 N–H and O–H groups in total. The number of nitrogens with two attached hydrogens (primary N) is 1. The Morgan fingerprint density at radius 3 is 2.57 bits per heavy atom. The van der Waals surface area contributed by atoms with Gasteiger partial charge in [-0.1, -0.05) is 25.1 Å². The van der Waals surface area contributed by atoms with Crippen LogP contribution in [0.5, 0.6) is 0 Å². The molecule has 0 aliphatic carbocycles. The van der Waals surface area contributed by atoms with Gasteiger partial charge in [0.15, 0.2) is 5.82 Å². The van der Waals surface area contributed by atoms with Crippen molar-refractivity contribution < 1.29 is 4.39 Å². The van der Waals surface area contributed by atoms with Crippen molar-refractivity contribution in [3.05, 3.63) is 71.9 Å². The Labute approximate surface area is 172 Å². The lowest BCUT2D eigenvalue weighted by molar-refractivity contribution is 0.628. The molecule has 0 bridgehead atoms. The molecule has 0 amide bonds. The Bertz CT molecular complexity index is 1380. The summed E-state index contributed by atoms with van der Waals surface area (Å²) in [7, 11) is 1.92. The summed E-state index contributed by atoms with van der Waals surface area (Å²) in [5.41, 5.74) is 11.5. The molecule has 0 spiro atoms. The van der Waals surface area contributed by atoms with E-state index in [1.165, 1.54) is 12.1 Å². The second kappa shape index (κ2) is 6.95. The molecule has 150 valence electrons. The number of aromatic nitrogens is 5. The van der Waals surface area contributed by atoms with E-state index in [-0.39, 0.29) is 5.82 Å². The van der Waals surface area contributed by atoms with Gasteiger partial charge in [0.1, 0.15) is 17.2 Å². The van der Waals surface area contributed by atoms with Gasteiger partial charge in [-0.25, -0.2) is 14.4 Å². The first-order chi connectivity index (χ1) is 14.5. The predicted octanol–water partition coefficient (Wildman–Crippen LogP) is 4.32. The number of pyridine rings is 1. The molecule has 7 heteroatoms. The minimum Gasteiger partial charge on any atom is -0.382 e. The van der Waals surface area contributed by atoms with E-state index in [1.807, 2.05) is 36.0 Å². The van der Waals surface area contributed by atoms with E-state index in [0.29, 0.717) is 12.4 Å². The number of hydrogen-bond donors (Lipinski definition) is 1. The molecule has 0 unspecified atom stereocenters. The molecule has 0 atom stereocenters. The van der Waals surface area contributed by atoms with E-state index in [0.717, 1.165) is 51.1 Å². The Morgan fingerprint density at radius 1 is 1.03 bits per heavy atom. The number of nitrogens with zero attached hydrogens (tertiary/aromatic N) is 5. The van der Waals surface area contributed by atoms with Crippen LogP contribution in [0.3, 0.4) is 0 Å². The zero-order valence-electron chi connectivity index (χ0n) is 16.8. The van der Waals surface area contributed by atoms with Crippen LogP contribution in [0.4, 0.5) is 10.2 Å². The van der Waals surface area contributed by atoms with Crippen molar-refractivity contribution in [2.24, 2.45) is 7.05 Å². The number of fused-ring (bicyclic) bond motifs is 3. The molecule has 0 saturated carbocycles. The third-order valence-corrected chi connectivity index (χ3v) is 5.44. The average Bonchev–Trinajstić information content (AvgIpc) is 3.30. The molecule has 2 aromatic carbocycles. The SMILES string of the molecule is CCc1nc2c(N)nc3ccccc3c2n1Cc1cc(-c2ccc(F)cc2)nn1C. The van der Waals surface area contributed by atoms with E-state index in [9.17, 15) is 4.39 Å². The van der Waals surface area contributed by atoms with Crippen molar-refractivity contribution in [1.29, 1.82) is 0 Å². The summed E-state index contributed by atoms with van der Waals surface area (Å²) >= 11 is 0. The summed E-state index contributed by atoms with van der Waals surface area (Å²) in [6.07, 6.45) is 0.769. The van der Waals surface area contributed by atoms with E-state index >= 15 is 0 Å². The summed E-state index contributed by atoms with van der Waals surface area (Å²) in [5, 5.41) is 5.65. The Hall–Kier alpha value is -3.74. The van der Waals surface area contributed by atoms with Crippen LogP contribution in [0.1, 0.15) is 18.4 Å². The van der Waals surface area contributed by atoms with Gasteiger partial charge in [-0.3, -0.25) is 4.68 Å². The first-order valence-corrected chi connectivity index (χ1v) is 9.87. The van der Waals surface area contributed by atoms with E-state index in [4.69, 9.17) is 10.7 Å². The first-order valence-electron chi connectivity index (χ1n) is 9.87. The maximum Gasteiger partial charge on any atom is 0.152 e. The second-order valence-corrected chi connectivity index (χ2v) is 7.33. The fourth-order valence-electron chi connectivity index (χ4n) is 3.92. The van der Waals surface area contributed by atoms with Gasteiger partial charge in [-0.2, -0.15) is 5.10 Å². The Kier molecular flexibility index (Phi) is 4.24. The molecular weight excluding hydrogens is 379 g/mol. The van der Waals surface area contributed by atoms with Crippen molar-refractivity contribution in [3.8, 4) is 11.3 Å². The fraction of sp³-hybridized carbons (Fsp3) is 0.174. The molecule has 0 saturated heterocycles. The van der Waals surface area contributed by atoms with Gasteiger partial charge in [0.25, 0.3) is 0 Å². The summed E-state index contributed by atoms with van der Waals surface area (Å²) < 4.78 is 17.3. The molecule has 5 aromatic rings. The van der Waals surface area contributed by atoms with Gasteiger partial charge < -0.3 is 10.3 Å². The van der Waals surface area contributed by atoms with Gasteiger partial charge >= 0.3 is 0 Å². The maximum atomic E-state index is 13.3. The Morgan fingerprint density at radius 2 is 1.80 bits per heavy atom. The van der Waals surface area contributed by atoms with Gasteiger partial charge in [0.2, 0.25) is 0 Å². The van der Waals surface area contributed by atoms with Crippen molar-refractivity contribution in [1.82, 2.24) is 24.3 Å². The van der Waals surface area contributed by atoms with E-state index < -0.39 is 0 Å². The number of nitrogen functional groups attached to an aromatic ring is 1.